The molecule has 0 aliphatic carbocycles. The second-order valence-electron chi connectivity index (χ2n) is 5.40. The number of benzene rings is 1. The van der Waals surface area contributed by atoms with Gasteiger partial charge in [-0.2, -0.15) is 9.61 Å². The molecule has 0 radical (unpaired) electrons. The molecule has 0 aliphatic rings. The minimum Gasteiger partial charge on any atom is -0.440 e. The summed E-state index contributed by atoms with van der Waals surface area (Å²) in [6.45, 7) is 10.4. The van der Waals surface area contributed by atoms with E-state index >= 15 is 0 Å². The fourth-order valence-corrected chi connectivity index (χ4v) is 3.23. The van der Waals surface area contributed by atoms with Crippen molar-refractivity contribution in [3.8, 4) is 11.3 Å². The summed E-state index contributed by atoms with van der Waals surface area (Å²) in [5, 5.41) is 4.59. The second kappa shape index (κ2) is 4.48. The van der Waals surface area contributed by atoms with Gasteiger partial charge in [-0.3, -0.25) is 0 Å². The Morgan fingerprint density at radius 1 is 1.05 bits per heavy atom. The highest BCUT2D eigenvalue weighted by molar-refractivity contribution is 9.10. The average molecular weight is 333 g/mol. The average Bonchev–Trinajstić information content (AvgIpc) is 2.78. The summed E-state index contributed by atoms with van der Waals surface area (Å²) >= 11 is 3.54. The number of halogens is 1. The van der Waals surface area contributed by atoms with Gasteiger partial charge in [0.25, 0.3) is 0 Å². The van der Waals surface area contributed by atoms with Gasteiger partial charge in [0.15, 0.2) is 0 Å². The normalized spacial score (nSPS) is 11.5. The molecule has 0 atom stereocenters. The molecule has 3 nitrogen and oxygen atoms in total. The fraction of sp³-hybridized carbons (Fsp3) is 0.312. The van der Waals surface area contributed by atoms with E-state index in [2.05, 4.69) is 53.9 Å². The highest BCUT2D eigenvalue weighted by atomic mass is 79.9. The summed E-state index contributed by atoms with van der Waals surface area (Å²) in [5.41, 5.74) is 7.74. The van der Waals surface area contributed by atoms with Crippen LogP contribution in [-0.2, 0) is 0 Å². The van der Waals surface area contributed by atoms with Gasteiger partial charge in [-0.25, -0.2) is 0 Å². The number of hydrogen-bond acceptors (Lipinski definition) is 2. The molecule has 0 amide bonds. The van der Waals surface area contributed by atoms with Crippen LogP contribution >= 0.6 is 15.9 Å². The van der Waals surface area contributed by atoms with Crippen LogP contribution in [0.15, 0.2) is 21.0 Å². The van der Waals surface area contributed by atoms with E-state index < -0.39 is 0 Å². The number of hydrogen-bond donors (Lipinski definition) is 0. The predicted octanol–water partition coefficient (Wildman–Crippen LogP) is 4.90. The van der Waals surface area contributed by atoms with Crippen LogP contribution in [0.1, 0.15) is 28.1 Å². The fourth-order valence-electron chi connectivity index (χ4n) is 2.90. The number of aryl methyl sites for hydroxylation is 5. The van der Waals surface area contributed by atoms with Crippen molar-refractivity contribution >= 4 is 21.6 Å². The maximum atomic E-state index is 5.90. The molecule has 0 fully saturated rings. The van der Waals surface area contributed by atoms with Crippen LogP contribution in [0.2, 0.25) is 0 Å². The second-order valence-corrected chi connectivity index (χ2v) is 6.19. The van der Waals surface area contributed by atoms with Crippen molar-refractivity contribution in [2.24, 2.45) is 0 Å². The largest absolute Gasteiger partial charge is 0.440 e. The number of aromatic nitrogens is 2. The van der Waals surface area contributed by atoms with E-state index in [1.54, 1.807) is 0 Å². The van der Waals surface area contributed by atoms with Crippen LogP contribution in [0, 0.1) is 34.6 Å². The van der Waals surface area contributed by atoms with Gasteiger partial charge in [0.2, 0.25) is 5.71 Å². The van der Waals surface area contributed by atoms with E-state index in [1.807, 2.05) is 18.4 Å². The Balaban J connectivity index is 2.41. The van der Waals surface area contributed by atoms with Gasteiger partial charge >= 0.3 is 0 Å². The number of fused-ring (bicyclic) bond motifs is 1. The van der Waals surface area contributed by atoms with Crippen molar-refractivity contribution in [2.75, 3.05) is 0 Å². The topological polar surface area (TPSA) is 30.4 Å². The lowest BCUT2D eigenvalue weighted by Gasteiger charge is -2.10. The van der Waals surface area contributed by atoms with Crippen LogP contribution in [0.25, 0.3) is 17.0 Å². The summed E-state index contributed by atoms with van der Waals surface area (Å²) in [5.74, 6) is 0.892. The van der Waals surface area contributed by atoms with Crippen LogP contribution in [-0.4, -0.2) is 9.61 Å². The van der Waals surface area contributed by atoms with Gasteiger partial charge < -0.3 is 4.42 Å². The highest BCUT2D eigenvalue weighted by Crippen LogP contribution is 2.35. The maximum Gasteiger partial charge on any atom is 0.237 e. The summed E-state index contributed by atoms with van der Waals surface area (Å²) < 4.78 is 8.73. The van der Waals surface area contributed by atoms with E-state index in [0.29, 0.717) is 0 Å². The zero-order valence-corrected chi connectivity index (χ0v) is 13.9. The third-order valence-corrected chi connectivity index (χ3v) is 4.57. The predicted molar refractivity (Wildman–Crippen MR) is 84.3 cm³/mol. The lowest BCUT2D eigenvalue weighted by Crippen LogP contribution is -1.96. The SMILES string of the molecule is Cc1cc(C)c(-c2c(C)oc3c(Br)c(C)nn23)c(C)c1. The van der Waals surface area contributed by atoms with Gasteiger partial charge in [0, 0.05) is 5.56 Å². The van der Waals surface area contributed by atoms with E-state index in [0.717, 1.165) is 27.3 Å². The minimum absolute atomic E-state index is 0.773. The van der Waals surface area contributed by atoms with E-state index in [9.17, 15) is 0 Å². The molecule has 0 unspecified atom stereocenters. The first kappa shape index (κ1) is 13.4. The lowest BCUT2D eigenvalue weighted by molar-refractivity contribution is 0.571. The Morgan fingerprint density at radius 3 is 2.25 bits per heavy atom. The molecule has 2 heterocycles. The monoisotopic (exact) mass is 332 g/mol. The van der Waals surface area contributed by atoms with Gasteiger partial charge in [0.05, 0.1) is 5.69 Å². The Labute approximate surface area is 126 Å². The molecule has 104 valence electrons. The summed E-state index contributed by atoms with van der Waals surface area (Å²) in [6.07, 6.45) is 0. The molecular formula is C16H17BrN2O. The first-order valence-electron chi connectivity index (χ1n) is 6.62. The van der Waals surface area contributed by atoms with E-state index in [-0.39, 0.29) is 0 Å². The Hall–Kier alpha value is -1.55. The van der Waals surface area contributed by atoms with Crippen LogP contribution in [0.4, 0.5) is 0 Å². The first-order valence-corrected chi connectivity index (χ1v) is 7.42. The third kappa shape index (κ3) is 1.82. The quantitative estimate of drug-likeness (QED) is 0.634. The molecule has 4 heteroatoms. The zero-order chi connectivity index (χ0) is 14.6. The zero-order valence-electron chi connectivity index (χ0n) is 12.3. The number of nitrogens with zero attached hydrogens (tertiary/aromatic N) is 2. The molecule has 0 saturated carbocycles. The first-order chi connectivity index (χ1) is 9.40. The Bertz CT molecular complexity index is 804. The molecule has 3 aromatic rings. The molecule has 0 spiro atoms. The van der Waals surface area contributed by atoms with Crippen molar-refractivity contribution in [3.05, 3.63) is 44.7 Å². The van der Waals surface area contributed by atoms with Gasteiger partial charge in [-0.1, -0.05) is 17.7 Å². The summed E-state index contributed by atoms with van der Waals surface area (Å²) in [7, 11) is 0. The van der Waals surface area contributed by atoms with Crippen molar-refractivity contribution in [1.82, 2.24) is 9.61 Å². The van der Waals surface area contributed by atoms with Gasteiger partial charge in [-0.15, -0.1) is 0 Å². The standard InChI is InChI=1S/C16H17BrN2O/c1-8-6-9(2)13(10(3)7-8)15-12(5)20-16-14(17)11(4)18-19(15)16/h6-7H,1-5H3. The third-order valence-electron chi connectivity index (χ3n) is 3.66. The Kier molecular flexibility index (Phi) is 3.01. The van der Waals surface area contributed by atoms with E-state index in [1.165, 1.54) is 22.3 Å². The molecule has 1 aromatic carbocycles. The van der Waals surface area contributed by atoms with Crippen LogP contribution in [0.3, 0.4) is 0 Å². The van der Waals surface area contributed by atoms with Gasteiger partial charge in [0.1, 0.15) is 15.9 Å². The molecule has 0 saturated heterocycles. The van der Waals surface area contributed by atoms with Crippen molar-refractivity contribution in [1.29, 1.82) is 0 Å². The molecule has 0 N–H and O–H groups in total. The van der Waals surface area contributed by atoms with Crippen LogP contribution < -0.4 is 0 Å². The molecule has 2 aromatic heterocycles. The summed E-state index contributed by atoms with van der Waals surface area (Å²) in [6, 6.07) is 4.40. The van der Waals surface area contributed by atoms with Crippen molar-refractivity contribution < 1.29 is 4.42 Å². The number of oxazole rings is 1. The number of rotatable bonds is 1. The minimum atomic E-state index is 0.773. The van der Waals surface area contributed by atoms with Gasteiger partial charge in [-0.05, 0) is 61.7 Å². The van der Waals surface area contributed by atoms with E-state index in [4.69, 9.17) is 4.42 Å². The molecule has 0 bridgehead atoms. The lowest BCUT2D eigenvalue weighted by atomic mass is 9.97. The smallest absolute Gasteiger partial charge is 0.237 e. The van der Waals surface area contributed by atoms with Crippen molar-refractivity contribution in [2.45, 2.75) is 34.6 Å². The maximum absolute atomic E-state index is 5.90. The summed E-state index contributed by atoms with van der Waals surface area (Å²) in [4.78, 5) is 0. The van der Waals surface area contributed by atoms with Crippen LogP contribution in [0.5, 0.6) is 0 Å². The molecule has 3 rings (SSSR count). The highest BCUT2D eigenvalue weighted by Gasteiger charge is 2.21. The molecule has 20 heavy (non-hydrogen) atoms. The molecule has 0 aliphatic heterocycles. The Morgan fingerprint density at radius 2 is 1.65 bits per heavy atom. The molecular weight excluding hydrogens is 316 g/mol. The van der Waals surface area contributed by atoms with Crippen molar-refractivity contribution in [3.63, 3.8) is 0 Å².